The molecule has 1 unspecified atom stereocenters. The van der Waals surface area contributed by atoms with Gasteiger partial charge in [-0.3, -0.25) is 14.5 Å². The van der Waals surface area contributed by atoms with Crippen molar-refractivity contribution in [3.63, 3.8) is 0 Å². The molecule has 2 amide bonds. The Bertz CT molecular complexity index is 831. The number of benzene rings is 1. The number of rotatable bonds is 8. The van der Waals surface area contributed by atoms with Gasteiger partial charge in [0, 0.05) is 38.3 Å². The van der Waals surface area contributed by atoms with Crippen molar-refractivity contribution >= 4 is 17.9 Å². The summed E-state index contributed by atoms with van der Waals surface area (Å²) in [6.07, 6.45) is 10.4. The van der Waals surface area contributed by atoms with E-state index in [2.05, 4.69) is 10.2 Å². The van der Waals surface area contributed by atoms with E-state index in [4.69, 9.17) is 14.2 Å². The highest BCUT2D eigenvalue weighted by molar-refractivity contribution is 5.92. The number of ether oxygens (including phenoxy) is 3. The summed E-state index contributed by atoms with van der Waals surface area (Å²) in [5, 5.41) is 3.25. The number of nitrogens with one attached hydrogen (secondary N) is 1. The lowest BCUT2D eigenvalue weighted by Crippen LogP contribution is -2.55. The van der Waals surface area contributed by atoms with Gasteiger partial charge in [-0.15, -0.1) is 0 Å². The van der Waals surface area contributed by atoms with E-state index < -0.39 is 0 Å². The molecule has 1 heterocycles. The van der Waals surface area contributed by atoms with Crippen LogP contribution in [0.5, 0.6) is 17.2 Å². The monoisotopic (exact) mass is 473 g/mol. The van der Waals surface area contributed by atoms with E-state index in [0.717, 1.165) is 18.4 Å². The molecule has 1 aliphatic carbocycles. The Morgan fingerprint density at radius 2 is 1.53 bits per heavy atom. The van der Waals surface area contributed by atoms with Crippen molar-refractivity contribution in [1.82, 2.24) is 15.1 Å². The summed E-state index contributed by atoms with van der Waals surface area (Å²) >= 11 is 0. The van der Waals surface area contributed by atoms with Crippen LogP contribution < -0.4 is 19.5 Å². The molecule has 1 saturated heterocycles. The average molecular weight is 474 g/mol. The van der Waals surface area contributed by atoms with Gasteiger partial charge in [0.25, 0.3) is 0 Å². The summed E-state index contributed by atoms with van der Waals surface area (Å²) < 4.78 is 16.1. The molecular formula is C26H39N3O5. The number of hydrogen-bond acceptors (Lipinski definition) is 6. The highest BCUT2D eigenvalue weighted by Crippen LogP contribution is 2.38. The fourth-order valence-electron chi connectivity index (χ4n) is 4.71. The smallest absolute Gasteiger partial charge is 0.246 e. The highest BCUT2D eigenvalue weighted by Gasteiger charge is 2.28. The van der Waals surface area contributed by atoms with Gasteiger partial charge in [-0.2, -0.15) is 0 Å². The molecule has 2 aliphatic rings. The fraction of sp³-hybridized carbons (Fsp3) is 0.615. The second kappa shape index (κ2) is 12.6. The Kier molecular flexibility index (Phi) is 9.62. The summed E-state index contributed by atoms with van der Waals surface area (Å²) in [7, 11) is 4.68. The van der Waals surface area contributed by atoms with Crippen molar-refractivity contribution in [3.05, 3.63) is 23.8 Å². The lowest BCUT2D eigenvalue weighted by atomic mass is 10.1. The first-order valence-corrected chi connectivity index (χ1v) is 12.3. The second-order valence-electron chi connectivity index (χ2n) is 9.03. The number of carbonyl (C=O) groups is 2. The zero-order valence-corrected chi connectivity index (χ0v) is 21.0. The molecule has 3 rings (SSSR count). The van der Waals surface area contributed by atoms with E-state index in [-0.39, 0.29) is 17.9 Å². The molecule has 188 valence electrons. The predicted molar refractivity (Wildman–Crippen MR) is 132 cm³/mol. The fourth-order valence-corrected chi connectivity index (χ4v) is 4.71. The first-order valence-electron chi connectivity index (χ1n) is 12.3. The Morgan fingerprint density at radius 3 is 2.06 bits per heavy atom. The molecule has 8 nitrogen and oxygen atoms in total. The van der Waals surface area contributed by atoms with Gasteiger partial charge in [0.05, 0.1) is 27.4 Å². The van der Waals surface area contributed by atoms with Crippen LogP contribution in [0, 0.1) is 0 Å². The SMILES string of the molecule is COc1cc(/C=C/C(=O)N2CCN(C(C)C(=O)NC3CCCCCC3)CC2)cc(OC)c1OC. The van der Waals surface area contributed by atoms with Crippen LogP contribution in [0.4, 0.5) is 0 Å². The van der Waals surface area contributed by atoms with Gasteiger partial charge < -0.3 is 24.4 Å². The largest absolute Gasteiger partial charge is 0.493 e. The van der Waals surface area contributed by atoms with Crippen LogP contribution in [0.25, 0.3) is 6.08 Å². The molecule has 1 aliphatic heterocycles. The predicted octanol–water partition coefficient (Wildman–Crippen LogP) is 3.10. The van der Waals surface area contributed by atoms with E-state index in [1.54, 1.807) is 45.6 Å². The third kappa shape index (κ3) is 6.65. The van der Waals surface area contributed by atoms with Gasteiger partial charge >= 0.3 is 0 Å². The van der Waals surface area contributed by atoms with Crippen LogP contribution in [0.3, 0.4) is 0 Å². The van der Waals surface area contributed by atoms with Gasteiger partial charge in [-0.05, 0) is 43.5 Å². The van der Waals surface area contributed by atoms with Crippen molar-refractivity contribution in [1.29, 1.82) is 0 Å². The standard InChI is InChI=1S/C26H39N3O5/c1-19(26(31)27-21-9-7-5-6-8-10-21)28-13-15-29(16-14-28)24(30)12-11-20-17-22(32-2)25(34-4)23(18-20)33-3/h11-12,17-19,21H,5-10,13-16H2,1-4H3,(H,27,31)/b12-11+. The summed E-state index contributed by atoms with van der Waals surface area (Å²) in [5.41, 5.74) is 0.783. The molecule has 1 aromatic carbocycles. The minimum Gasteiger partial charge on any atom is -0.493 e. The molecule has 0 radical (unpaired) electrons. The van der Waals surface area contributed by atoms with Gasteiger partial charge in [-0.25, -0.2) is 0 Å². The first-order chi connectivity index (χ1) is 16.5. The van der Waals surface area contributed by atoms with E-state index in [1.165, 1.54) is 25.7 Å². The summed E-state index contributed by atoms with van der Waals surface area (Å²) in [6.45, 7) is 4.53. The number of nitrogens with zero attached hydrogens (tertiary/aromatic N) is 2. The molecular weight excluding hydrogens is 434 g/mol. The number of carbonyl (C=O) groups excluding carboxylic acids is 2. The molecule has 8 heteroatoms. The zero-order chi connectivity index (χ0) is 24.5. The van der Waals surface area contributed by atoms with Crippen LogP contribution in [0.1, 0.15) is 51.0 Å². The van der Waals surface area contributed by atoms with E-state index in [9.17, 15) is 9.59 Å². The molecule has 1 N–H and O–H groups in total. The lowest BCUT2D eigenvalue weighted by molar-refractivity contribution is -0.130. The van der Waals surface area contributed by atoms with Gasteiger partial charge in [0.1, 0.15) is 0 Å². The van der Waals surface area contributed by atoms with Gasteiger partial charge in [0.2, 0.25) is 17.6 Å². The maximum Gasteiger partial charge on any atom is 0.246 e. The Labute approximate surface area is 203 Å². The van der Waals surface area contributed by atoms with E-state index in [1.807, 2.05) is 11.8 Å². The topological polar surface area (TPSA) is 80.3 Å². The van der Waals surface area contributed by atoms with E-state index >= 15 is 0 Å². The lowest BCUT2D eigenvalue weighted by Gasteiger charge is -2.37. The molecule has 0 bridgehead atoms. The quantitative estimate of drug-likeness (QED) is 0.462. The number of methoxy groups -OCH3 is 3. The second-order valence-corrected chi connectivity index (χ2v) is 9.03. The van der Waals surface area contributed by atoms with Crippen molar-refractivity contribution in [2.24, 2.45) is 0 Å². The van der Waals surface area contributed by atoms with Crippen LogP contribution >= 0.6 is 0 Å². The first kappa shape index (κ1) is 25.9. The Hall–Kier alpha value is -2.74. The number of amides is 2. The number of hydrogen-bond donors (Lipinski definition) is 1. The molecule has 2 fully saturated rings. The normalized spacial score (nSPS) is 18.9. The molecule has 0 spiro atoms. The van der Waals surface area contributed by atoms with Crippen molar-refractivity contribution < 1.29 is 23.8 Å². The summed E-state index contributed by atoms with van der Waals surface area (Å²) in [5.74, 6) is 1.65. The molecule has 0 aromatic heterocycles. The number of piperazine rings is 1. The maximum absolute atomic E-state index is 12.8. The maximum atomic E-state index is 12.8. The zero-order valence-electron chi connectivity index (χ0n) is 21.0. The van der Waals surface area contributed by atoms with Gasteiger partial charge in [-0.1, -0.05) is 25.7 Å². The van der Waals surface area contributed by atoms with Crippen LogP contribution in [-0.2, 0) is 9.59 Å². The average Bonchev–Trinajstić information content (AvgIpc) is 3.14. The molecule has 34 heavy (non-hydrogen) atoms. The minimum atomic E-state index is -0.185. The summed E-state index contributed by atoms with van der Waals surface area (Å²) in [4.78, 5) is 29.5. The molecule has 1 atom stereocenters. The molecule has 1 aromatic rings. The third-order valence-electron chi connectivity index (χ3n) is 6.86. The highest BCUT2D eigenvalue weighted by atomic mass is 16.5. The Morgan fingerprint density at radius 1 is 0.941 bits per heavy atom. The minimum absolute atomic E-state index is 0.0519. The Balaban J connectivity index is 1.52. The van der Waals surface area contributed by atoms with Crippen LogP contribution in [-0.4, -0.2) is 81.2 Å². The van der Waals surface area contributed by atoms with Gasteiger partial charge in [0.15, 0.2) is 11.5 Å². The van der Waals surface area contributed by atoms with Crippen molar-refractivity contribution in [3.8, 4) is 17.2 Å². The summed E-state index contributed by atoms with van der Waals surface area (Å²) in [6, 6.07) is 3.73. The van der Waals surface area contributed by atoms with Crippen LogP contribution in [0.15, 0.2) is 18.2 Å². The van der Waals surface area contributed by atoms with Crippen molar-refractivity contribution in [2.45, 2.75) is 57.5 Å². The van der Waals surface area contributed by atoms with Crippen LogP contribution in [0.2, 0.25) is 0 Å². The molecule has 1 saturated carbocycles. The van der Waals surface area contributed by atoms with Crippen molar-refractivity contribution in [2.75, 3.05) is 47.5 Å². The third-order valence-corrected chi connectivity index (χ3v) is 6.86. The van der Waals surface area contributed by atoms with E-state index in [0.29, 0.717) is 49.5 Å².